The molecule has 2 aromatic heterocycles. The van der Waals surface area contributed by atoms with Crippen LogP contribution in [0.1, 0.15) is 38.9 Å². The summed E-state index contributed by atoms with van der Waals surface area (Å²) in [6, 6.07) is 7.82. The Balaban J connectivity index is 1.62. The number of fused-ring (bicyclic) bond motifs is 1. The molecule has 0 saturated carbocycles. The number of benzene rings is 1. The van der Waals surface area contributed by atoms with E-state index in [4.69, 9.17) is 4.74 Å². The monoisotopic (exact) mass is 366 g/mol. The van der Waals surface area contributed by atoms with Gasteiger partial charge in [-0.2, -0.15) is 5.10 Å². The highest BCUT2D eigenvalue weighted by Gasteiger charge is 2.28. The number of carbonyl (C=O) groups excluding carboxylic acids is 1. The fraction of sp³-hybridized carbons (Fsp3) is 0.250. The van der Waals surface area contributed by atoms with Gasteiger partial charge in [-0.3, -0.25) is 9.78 Å². The summed E-state index contributed by atoms with van der Waals surface area (Å²) in [5, 5.41) is 7.26. The van der Waals surface area contributed by atoms with Crippen molar-refractivity contribution in [3.63, 3.8) is 0 Å². The summed E-state index contributed by atoms with van der Waals surface area (Å²) < 4.78 is 21.3. The molecule has 1 aliphatic heterocycles. The molecule has 4 rings (SSSR count). The molecular weight excluding hydrogens is 347 g/mol. The summed E-state index contributed by atoms with van der Waals surface area (Å²) in [5.74, 6) is -0.646. The summed E-state index contributed by atoms with van der Waals surface area (Å²) in [4.78, 5) is 16.8. The Morgan fingerprint density at radius 1 is 1.26 bits per heavy atom. The van der Waals surface area contributed by atoms with E-state index in [-0.39, 0.29) is 17.8 Å². The van der Waals surface area contributed by atoms with E-state index >= 15 is 0 Å². The zero-order valence-corrected chi connectivity index (χ0v) is 15.1. The number of halogens is 1. The lowest BCUT2D eigenvalue weighted by molar-refractivity contribution is 0.0684. The minimum absolute atomic E-state index is 0.279. The van der Waals surface area contributed by atoms with Gasteiger partial charge in [-0.05, 0) is 43.2 Å². The van der Waals surface area contributed by atoms with Crippen molar-refractivity contribution in [3.8, 4) is 5.69 Å². The molecule has 7 heteroatoms. The summed E-state index contributed by atoms with van der Waals surface area (Å²) in [6.45, 7) is 4.51. The van der Waals surface area contributed by atoms with Crippen LogP contribution < -0.4 is 5.32 Å². The first-order chi connectivity index (χ1) is 13.0. The van der Waals surface area contributed by atoms with Crippen LogP contribution in [-0.2, 0) is 11.3 Å². The largest absolute Gasteiger partial charge is 0.373 e. The maximum atomic E-state index is 14.1. The standard InChI is InChI=1S/C20H19FN4O2/c1-12-7-16(22-8-13(12)2)20(26)24-17-10-27-11-19-14(17)9-23-25(19)18-6-4-3-5-15(18)21/h3-9,17H,10-11H2,1-2H3,(H,24,26)/t17-/m1/s1. The molecule has 1 amide bonds. The predicted octanol–water partition coefficient (Wildman–Crippen LogP) is 3.02. The molecule has 1 N–H and O–H groups in total. The second-order valence-electron chi connectivity index (χ2n) is 6.60. The smallest absolute Gasteiger partial charge is 0.270 e. The minimum atomic E-state index is -0.370. The summed E-state index contributed by atoms with van der Waals surface area (Å²) in [6.07, 6.45) is 3.34. The van der Waals surface area contributed by atoms with Crippen molar-refractivity contribution in [2.75, 3.05) is 6.61 Å². The first-order valence-corrected chi connectivity index (χ1v) is 8.68. The van der Waals surface area contributed by atoms with Gasteiger partial charge >= 0.3 is 0 Å². The molecule has 0 aliphatic carbocycles. The lowest BCUT2D eigenvalue weighted by Crippen LogP contribution is -2.34. The van der Waals surface area contributed by atoms with Gasteiger partial charge in [0.2, 0.25) is 0 Å². The van der Waals surface area contributed by atoms with E-state index in [1.54, 1.807) is 36.7 Å². The van der Waals surface area contributed by atoms with Crippen LogP contribution in [0.25, 0.3) is 5.69 Å². The van der Waals surface area contributed by atoms with E-state index < -0.39 is 0 Å². The highest BCUT2D eigenvalue weighted by molar-refractivity contribution is 5.92. The quantitative estimate of drug-likeness (QED) is 0.774. The molecule has 0 fully saturated rings. The van der Waals surface area contributed by atoms with E-state index in [2.05, 4.69) is 15.4 Å². The minimum Gasteiger partial charge on any atom is -0.373 e. The van der Waals surface area contributed by atoms with E-state index in [9.17, 15) is 9.18 Å². The van der Waals surface area contributed by atoms with Crippen molar-refractivity contribution < 1.29 is 13.9 Å². The van der Waals surface area contributed by atoms with Crippen molar-refractivity contribution in [1.82, 2.24) is 20.1 Å². The first-order valence-electron chi connectivity index (χ1n) is 8.68. The van der Waals surface area contributed by atoms with Crippen molar-refractivity contribution in [3.05, 3.63) is 76.6 Å². The van der Waals surface area contributed by atoms with Crippen LogP contribution in [0.15, 0.2) is 42.7 Å². The molecule has 0 spiro atoms. The lowest BCUT2D eigenvalue weighted by atomic mass is 10.1. The zero-order valence-electron chi connectivity index (χ0n) is 15.1. The van der Waals surface area contributed by atoms with E-state index in [0.29, 0.717) is 24.6 Å². The van der Waals surface area contributed by atoms with Gasteiger partial charge in [0.25, 0.3) is 5.91 Å². The summed E-state index contributed by atoms with van der Waals surface area (Å²) >= 11 is 0. The lowest BCUT2D eigenvalue weighted by Gasteiger charge is -2.24. The number of hydrogen-bond donors (Lipinski definition) is 1. The Bertz CT molecular complexity index is 1010. The molecule has 0 bridgehead atoms. The van der Waals surface area contributed by atoms with Crippen LogP contribution in [0, 0.1) is 19.7 Å². The second-order valence-corrected chi connectivity index (χ2v) is 6.60. The fourth-order valence-corrected chi connectivity index (χ4v) is 3.12. The number of aryl methyl sites for hydroxylation is 2. The number of nitrogens with zero attached hydrogens (tertiary/aromatic N) is 3. The van der Waals surface area contributed by atoms with Crippen LogP contribution in [0.3, 0.4) is 0 Å². The highest BCUT2D eigenvalue weighted by atomic mass is 19.1. The number of aromatic nitrogens is 3. The summed E-state index contributed by atoms with van der Waals surface area (Å²) in [5.41, 5.74) is 4.28. The van der Waals surface area contributed by atoms with Crippen LogP contribution >= 0.6 is 0 Å². The van der Waals surface area contributed by atoms with Gasteiger partial charge in [-0.15, -0.1) is 0 Å². The van der Waals surface area contributed by atoms with Gasteiger partial charge in [0.05, 0.1) is 31.1 Å². The normalized spacial score (nSPS) is 16.0. The Labute approximate surface area is 156 Å². The average molecular weight is 366 g/mol. The number of hydrogen-bond acceptors (Lipinski definition) is 4. The van der Waals surface area contributed by atoms with Crippen LogP contribution in [0.4, 0.5) is 4.39 Å². The van der Waals surface area contributed by atoms with Gasteiger partial charge in [0, 0.05) is 11.8 Å². The summed E-state index contributed by atoms with van der Waals surface area (Å²) in [7, 11) is 0. The van der Waals surface area contributed by atoms with Crippen LogP contribution in [-0.4, -0.2) is 27.3 Å². The van der Waals surface area contributed by atoms with Gasteiger partial charge in [-0.1, -0.05) is 12.1 Å². The molecule has 0 unspecified atom stereocenters. The predicted molar refractivity (Wildman–Crippen MR) is 97.1 cm³/mol. The molecular formula is C20H19FN4O2. The fourth-order valence-electron chi connectivity index (χ4n) is 3.12. The molecule has 3 heterocycles. The Morgan fingerprint density at radius 2 is 2.07 bits per heavy atom. The Kier molecular flexibility index (Phi) is 4.45. The van der Waals surface area contributed by atoms with Crippen molar-refractivity contribution in [2.24, 2.45) is 0 Å². The zero-order chi connectivity index (χ0) is 19.0. The first kappa shape index (κ1) is 17.4. The number of rotatable bonds is 3. The third kappa shape index (κ3) is 3.21. The molecule has 6 nitrogen and oxygen atoms in total. The van der Waals surface area contributed by atoms with E-state index in [1.807, 2.05) is 13.8 Å². The third-order valence-corrected chi connectivity index (χ3v) is 4.79. The Morgan fingerprint density at radius 3 is 2.85 bits per heavy atom. The van der Waals surface area contributed by atoms with Gasteiger partial charge in [0.1, 0.15) is 17.2 Å². The highest BCUT2D eigenvalue weighted by Crippen LogP contribution is 2.27. The maximum absolute atomic E-state index is 14.1. The van der Waals surface area contributed by atoms with Crippen LogP contribution in [0.2, 0.25) is 0 Å². The molecule has 3 aromatic rings. The van der Waals surface area contributed by atoms with Gasteiger partial charge in [0.15, 0.2) is 0 Å². The number of amides is 1. The van der Waals surface area contributed by atoms with Crippen LogP contribution in [0.5, 0.6) is 0 Å². The number of carbonyl (C=O) groups is 1. The average Bonchev–Trinajstić information content (AvgIpc) is 3.09. The topological polar surface area (TPSA) is 69.0 Å². The maximum Gasteiger partial charge on any atom is 0.270 e. The molecule has 1 aromatic carbocycles. The molecule has 0 saturated heterocycles. The number of pyridine rings is 1. The number of nitrogens with one attached hydrogen (secondary N) is 1. The van der Waals surface area contributed by atoms with Crippen molar-refractivity contribution >= 4 is 5.91 Å². The van der Waals surface area contributed by atoms with Gasteiger partial charge < -0.3 is 10.1 Å². The number of ether oxygens (including phenoxy) is 1. The molecule has 138 valence electrons. The molecule has 0 radical (unpaired) electrons. The number of para-hydroxylation sites is 1. The SMILES string of the molecule is Cc1cnc(C(=O)N[C@@H]2COCc3c2cnn3-c2ccccc2F)cc1C. The Hall–Kier alpha value is -3.06. The second kappa shape index (κ2) is 6.92. The van der Waals surface area contributed by atoms with E-state index in [1.165, 1.54) is 10.7 Å². The van der Waals surface area contributed by atoms with Gasteiger partial charge in [-0.25, -0.2) is 9.07 Å². The molecule has 1 aliphatic rings. The molecule has 1 atom stereocenters. The molecule has 27 heavy (non-hydrogen) atoms. The van der Waals surface area contributed by atoms with E-state index in [0.717, 1.165) is 22.4 Å². The van der Waals surface area contributed by atoms with Crippen molar-refractivity contribution in [1.29, 1.82) is 0 Å². The third-order valence-electron chi connectivity index (χ3n) is 4.79. The van der Waals surface area contributed by atoms with Crippen molar-refractivity contribution in [2.45, 2.75) is 26.5 Å².